The Morgan fingerprint density at radius 3 is 2.75 bits per heavy atom. The summed E-state index contributed by atoms with van der Waals surface area (Å²) in [6.07, 6.45) is 4.73. The average molecular weight is 115 g/mol. The summed E-state index contributed by atoms with van der Waals surface area (Å²) in [7, 11) is 0. The lowest BCUT2D eigenvalue weighted by molar-refractivity contribution is 0.284. The van der Waals surface area contributed by atoms with Crippen LogP contribution in [-0.4, -0.2) is 17.8 Å². The van der Waals surface area contributed by atoms with E-state index in [4.69, 9.17) is 10.8 Å². The van der Waals surface area contributed by atoms with Gasteiger partial charge in [0.25, 0.3) is 0 Å². The topological polar surface area (TPSA) is 46.2 Å². The summed E-state index contributed by atoms with van der Waals surface area (Å²) in [5, 5.41) is 8.39. The first-order valence-corrected chi connectivity index (χ1v) is 2.84. The number of aliphatic hydroxyl groups is 1. The van der Waals surface area contributed by atoms with Gasteiger partial charge in [-0.3, -0.25) is 0 Å². The van der Waals surface area contributed by atoms with Crippen LogP contribution in [0.2, 0.25) is 0 Å². The largest absolute Gasteiger partial charge is 0.394 e. The van der Waals surface area contributed by atoms with Crippen LogP contribution in [-0.2, 0) is 0 Å². The summed E-state index contributed by atoms with van der Waals surface area (Å²) in [5.41, 5.74) is 5.32. The highest BCUT2D eigenvalue weighted by atomic mass is 16.3. The van der Waals surface area contributed by atoms with Crippen LogP contribution in [0.3, 0.4) is 0 Å². The molecular formula is C6H13NO. The number of aliphatic hydroxyl groups excluding tert-OH is 1. The van der Waals surface area contributed by atoms with Crippen molar-refractivity contribution in [3.8, 4) is 0 Å². The van der Waals surface area contributed by atoms with E-state index in [0.717, 1.165) is 6.42 Å². The number of nitrogens with two attached hydrogens (primary N) is 1. The van der Waals surface area contributed by atoms with Crippen molar-refractivity contribution < 1.29 is 5.11 Å². The maximum atomic E-state index is 8.39. The molecular weight excluding hydrogens is 102 g/mol. The lowest BCUT2D eigenvalue weighted by Gasteiger charge is -1.96. The van der Waals surface area contributed by atoms with Gasteiger partial charge in [0.1, 0.15) is 0 Å². The first-order valence-electron chi connectivity index (χ1n) is 2.84. The third-order valence-corrected chi connectivity index (χ3v) is 0.830. The molecule has 0 aromatic heterocycles. The standard InChI is InChI=1S/C6H13NO/c1-2-3-4-6(7)5-8/h3-4,6,8H,2,5,7H2,1H3/b4-3+/t6-/m0/s1. The summed E-state index contributed by atoms with van der Waals surface area (Å²) in [4.78, 5) is 0. The van der Waals surface area contributed by atoms with Crippen LogP contribution in [0, 0.1) is 0 Å². The van der Waals surface area contributed by atoms with Gasteiger partial charge < -0.3 is 10.8 Å². The smallest absolute Gasteiger partial charge is 0.0618 e. The molecule has 3 N–H and O–H groups in total. The van der Waals surface area contributed by atoms with E-state index >= 15 is 0 Å². The van der Waals surface area contributed by atoms with E-state index in [1.807, 2.05) is 13.0 Å². The number of hydrogen-bond acceptors (Lipinski definition) is 2. The molecule has 0 heterocycles. The van der Waals surface area contributed by atoms with Gasteiger partial charge in [-0.05, 0) is 6.42 Å². The Balaban J connectivity index is 3.21. The van der Waals surface area contributed by atoms with Crippen LogP contribution >= 0.6 is 0 Å². The van der Waals surface area contributed by atoms with Gasteiger partial charge >= 0.3 is 0 Å². The molecule has 0 aliphatic carbocycles. The highest BCUT2D eigenvalue weighted by Gasteiger charge is 1.88. The molecule has 1 atom stereocenters. The molecule has 0 aromatic carbocycles. The molecule has 0 fully saturated rings. The molecule has 8 heavy (non-hydrogen) atoms. The molecule has 0 amide bonds. The SMILES string of the molecule is CC/C=C/[C@H](N)CO. The molecule has 0 spiro atoms. The van der Waals surface area contributed by atoms with E-state index in [0.29, 0.717) is 0 Å². The highest BCUT2D eigenvalue weighted by molar-refractivity contribution is 4.89. The van der Waals surface area contributed by atoms with Gasteiger partial charge in [0.15, 0.2) is 0 Å². The fraction of sp³-hybridized carbons (Fsp3) is 0.667. The van der Waals surface area contributed by atoms with Gasteiger partial charge in [-0.1, -0.05) is 19.1 Å². The highest BCUT2D eigenvalue weighted by Crippen LogP contribution is 1.82. The normalized spacial score (nSPS) is 14.9. The number of hydrogen-bond donors (Lipinski definition) is 2. The van der Waals surface area contributed by atoms with E-state index in [1.165, 1.54) is 0 Å². The van der Waals surface area contributed by atoms with E-state index in [1.54, 1.807) is 6.08 Å². The second-order valence-electron chi connectivity index (χ2n) is 1.68. The maximum Gasteiger partial charge on any atom is 0.0618 e. The minimum absolute atomic E-state index is 0.0382. The van der Waals surface area contributed by atoms with E-state index in [-0.39, 0.29) is 12.6 Å². The fourth-order valence-electron chi connectivity index (χ4n) is 0.372. The maximum absolute atomic E-state index is 8.39. The summed E-state index contributed by atoms with van der Waals surface area (Å²) in [6, 6.07) is -0.171. The number of allylic oxidation sites excluding steroid dienone is 1. The second-order valence-corrected chi connectivity index (χ2v) is 1.68. The van der Waals surface area contributed by atoms with Crippen LogP contribution < -0.4 is 5.73 Å². The molecule has 0 bridgehead atoms. The van der Waals surface area contributed by atoms with Crippen LogP contribution in [0.5, 0.6) is 0 Å². The van der Waals surface area contributed by atoms with Gasteiger partial charge in [0.05, 0.1) is 6.61 Å². The predicted octanol–water partition coefficient (Wildman–Crippen LogP) is 0.272. The quantitative estimate of drug-likeness (QED) is 0.519. The first-order chi connectivity index (χ1) is 3.81. The van der Waals surface area contributed by atoms with Crippen molar-refractivity contribution >= 4 is 0 Å². The molecule has 0 saturated carbocycles. The van der Waals surface area contributed by atoms with Crippen molar-refractivity contribution in [1.82, 2.24) is 0 Å². The van der Waals surface area contributed by atoms with Gasteiger partial charge in [-0.15, -0.1) is 0 Å². The van der Waals surface area contributed by atoms with E-state index in [2.05, 4.69) is 0 Å². The van der Waals surface area contributed by atoms with Crippen LogP contribution in [0.4, 0.5) is 0 Å². The fourth-order valence-corrected chi connectivity index (χ4v) is 0.372. The molecule has 48 valence electrons. The minimum Gasteiger partial charge on any atom is -0.394 e. The summed E-state index contributed by atoms with van der Waals surface area (Å²) in [6.45, 7) is 2.07. The monoisotopic (exact) mass is 115 g/mol. The van der Waals surface area contributed by atoms with Crippen molar-refractivity contribution in [1.29, 1.82) is 0 Å². The predicted molar refractivity (Wildman–Crippen MR) is 34.5 cm³/mol. The van der Waals surface area contributed by atoms with Gasteiger partial charge in [-0.2, -0.15) is 0 Å². The Bertz CT molecular complexity index is 70.9. The Hall–Kier alpha value is -0.340. The molecule has 2 heteroatoms. The second kappa shape index (κ2) is 4.81. The Labute approximate surface area is 50.0 Å². The zero-order chi connectivity index (χ0) is 6.41. The van der Waals surface area contributed by atoms with E-state index in [9.17, 15) is 0 Å². The van der Waals surface area contributed by atoms with Crippen molar-refractivity contribution in [2.75, 3.05) is 6.61 Å². The minimum atomic E-state index is -0.171. The van der Waals surface area contributed by atoms with Crippen LogP contribution in [0.15, 0.2) is 12.2 Å². The third kappa shape index (κ3) is 3.84. The lowest BCUT2D eigenvalue weighted by Crippen LogP contribution is -2.20. The van der Waals surface area contributed by atoms with Crippen LogP contribution in [0.25, 0.3) is 0 Å². The summed E-state index contributed by atoms with van der Waals surface area (Å²) >= 11 is 0. The molecule has 0 unspecified atom stereocenters. The summed E-state index contributed by atoms with van der Waals surface area (Å²) in [5.74, 6) is 0. The Morgan fingerprint density at radius 2 is 2.38 bits per heavy atom. The molecule has 0 saturated heterocycles. The van der Waals surface area contributed by atoms with Crippen molar-refractivity contribution in [3.05, 3.63) is 12.2 Å². The molecule has 0 radical (unpaired) electrons. The zero-order valence-corrected chi connectivity index (χ0v) is 5.17. The number of rotatable bonds is 3. The van der Waals surface area contributed by atoms with Crippen LogP contribution in [0.1, 0.15) is 13.3 Å². The Morgan fingerprint density at radius 1 is 1.75 bits per heavy atom. The van der Waals surface area contributed by atoms with Crippen molar-refractivity contribution in [3.63, 3.8) is 0 Å². The Kier molecular flexibility index (Phi) is 4.61. The van der Waals surface area contributed by atoms with Gasteiger partial charge in [0, 0.05) is 6.04 Å². The van der Waals surface area contributed by atoms with Gasteiger partial charge in [0.2, 0.25) is 0 Å². The zero-order valence-electron chi connectivity index (χ0n) is 5.17. The molecule has 0 aliphatic rings. The molecule has 0 aliphatic heterocycles. The van der Waals surface area contributed by atoms with Crippen molar-refractivity contribution in [2.45, 2.75) is 19.4 Å². The lowest BCUT2D eigenvalue weighted by atomic mass is 10.3. The molecule has 2 nitrogen and oxygen atoms in total. The van der Waals surface area contributed by atoms with Gasteiger partial charge in [-0.25, -0.2) is 0 Å². The average Bonchev–Trinajstić information content (AvgIpc) is 1.83. The third-order valence-electron chi connectivity index (χ3n) is 0.830. The summed E-state index contributed by atoms with van der Waals surface area (Å²) < 4.78 is 0. The van der Waals surface area contributed by atoms with E-state index < -0.39 is 0 Å². The molecule has 0 rings (SSSR count). The molecule has 0 aromatic rings. The van der Waals surface area contributed by atoms with Crippen molar-refractivity contribution in [2.24, 2.45) is 5.73 Å². The first kappa shape index (κ1) is 7.66.